The van der Waals surface area contributed by atoms with Crippen LogP contribution in [0, 0.1) is 5.92 Å². The molecule has 0 bridgehead atoms. The van der Waals surface area contributed by atoms with Gasteiger partial charge in [-0.25, -0.2) is 13.4 Å². The van der Waals surface area contributed by atoms with Gasteiger partial charge in [-0.15, -0.1) is 0 Å². The summed E-state index contributed by atoms with van der Waals surface area (Å²) in [6, 6.07) is 0.0229. The Kier molecular flexibility index (Phi) is 3.50. The number of piperidine rings is 1. The lowest BCUT2D eigenvalue weighted by molar-refractivity contribution is 0.243. The lowest BCUT2D eigenvalue weighted by Crippen LogP contribution is -2.45. The summed E-state index contributed by atoms with van der Waals surface area (Å²) < 4.78 is 26.0. The highest BCUT2D eigenvalue weighted by Gasteiger charge is 2.32. The monoisotopic (exact) mass is 258 g/mol. The van der Waals surface area contributed by atoms with E-state index in [1.807, 2.05) is 6.92 Å². The predicted octanol–water partition coefficient (Wildman–Crippen LogP) is 0.158. The fraction of sp³-hybridized carbons (Fsp3) is 0.700. The summed E-state index contributed by atoms with van der Waals surface area (Å²) in [4.78, 5) is 6.40. The van der Waals surface area contributed by atoms with E-state index in [0.29, 0.717) is 13.1 Å². The van der Waals surface area contributed by atoms with Gasteiger partial charge in [-0.1, -0.05) is 0 Å². The molecule has 1 aromatic rings. The van der Waals surface area contributed by atoms with Crippen molar-refractivity contribution in [2.24, 2.45) is 11.7 Å². The van der Waals surface area contributed by atoms with Crippen LogP contribution in [0.1, 0.15) is 19.8 Å². The summed E-state index contributed by atoms with van der Waals surface area (Å²) in [6.07, 6.45) is 4.57. The maximum atomic E-state index is 12.2. The molecule has 1 fully saturated rings. The summed E-state index contributed by atoms with van der Waals surface area (Å²) in [6.45, 7) is 2.99. The van der Waals surface area contributed by atoms with E-state index in [-0.39, 0.29) is 17.0 Å². The van der Waals surface area contributed by atoms with Crippen LogP contribution in [0.4, 0.5) is 0 Å². The van der Waals surface area contributed by atoms with Gasteiger partial charge in [-0.05, 0) is 25.7 Å². The van der Waals surface area contributed by atoms with Crippen LogP contribution in [0.25, 0.3) is 0 Å². The Labute approximate surface area is 101 Å². The van der Waals surface area contributed by atoms with Crippen molar-refractivity contribution in [2.75, 3.05) is 13.1 Å². The summed E-state index contributed by atoms with van der Waals surface area (Å²) in [5.74, 6) is 0.237. The fourth-order valence-electron chi connectivity index (χ4n) is 2.14. The number of aromatic nitrogens is 2. The maximum Gasteiger partial charge on any atom is 0.260 e. The molecule has 96 valence electrons. The summed E-state index contributed by atoms with van der Waals surface area (Å²) in [7, 11) is -3.43. The van der Waals surface area contributed by atoms with Gasteiger partial charge < -0.3 is 10.7 Å². The third-order valence-electron chi connectivity index (χ3n) is 3.26. The molecule has 6 nitrogen and oxygen atoms in total. The number of sulfonamides is 1. The molecule has 1 aromatic heterocycles. The minimum absolute atomic E-state index is 0.0229. The molecular formula is C10H18N4O2S. The molecule has 2 atom stereocenters. The molecule has 0 aromatic carbocycles. The predicted molar refractivity (Wildman–Crippen MR) is 63.7 cm³/mol. The number of hydrogen-bond donors (Lipinski definition) is 2. The average Bonchev–Trinajstić information content (AvgIpc) is 2.83. The maximum absolute atomic E-state index is 12.2. The van der Waals surface area contributed by atoms with Gasteiger partial charge in [-0.3, -0.25) is 0 Å². The SMILES string of the molecule is C[C@H](N)[C@@H]1CCCN(S(=O)(=O)c2cnc[nH]2)C1. The molecule has 0 spiro atoms. The molecule has 1 saturated heterocycles. The van der Waals surface area contributed by atoms with Crippen LogP contribution >= 0.6 is 0 Å². The van der Waals surface area contributed by atoms with Gasteiger partial charge in [0.2, 0.25) is 0 Å². The molecule has 7 heteroatoms. The quantitative estimate of drug-likeness (QED) is 0.807. The summed E-state index contributed by atoms with van der Waals surface area (Å²) in [5, 5.41) is 0.155. The van der Waals surface area contributed by atoms with E-state index in [0.717, 1.165) is 12.8 Å². The van der Waals surface area contributed by atoms with Crippen molar-refractivity contribution in [2.45, 2.75) is 30.8 Å². The first-order valence-electron chi connectivity index (χ1n) is 5.76. The van der Waals surface area contributed by atoms with E-state index < -0.39 is 10.0 Å². The molecule has 0 amide bonds. The first kappa shape index (κ1) is 12.5. The molecule has 2 heterocycles. The standard InChI is InChI=1S/C10H18N4O2S/c1-8(11)9-3-2-4-14(6-9)17(15,16)10-5-12-7-13-10/h5,7-9H,2-4,6,11H2,1H3,(H,12,13)/t8-,9+/m0/s1. The first-order valence-corrected chi connectivity index (χ1v) is 7.20. The largest absolute Gasteiger partial charge is 0.335 e. The van der Waals surface area contributed by atoms with Gasteiger partial charge in [0.15, 0.2) is 5.03 Å². The highest BCUT2D eigenvalue weighted by atomic mass is 32.2. The number of aromatic amines is 1. The molecular weight excluding hydrogens is 240 g/mol. The summed E-state index contributed by atoms with van der Waals surface area (Å²) in [5.41, 5.74) is 5.85. The molecule has 0 unspecified atom stereocenters. The fourth-order valence-corrected chi connectivity index (χ4v) is 3.58. The zero-order chi connectivity index (χ0) is 12.5. The Morgan fingerprint density at radius 2 is 2.41 bits per heavy atom. The van der Waals surface area contributed by atoms with Crippen LogP contribution < -0.4 is 5.73 Å². The zero-order valence-corrected chi connectivity index (χ0v) is 10.7. The van der Waals surface area contributed by atoms with Gasteiger partial charge in [0.1, 0.15) is 0 Å². The Balaban J connectivity index is 2.17. The number of imidazole rings is 1. The number of nitrogens with one attached hydrogen (secondary N) is 1. The molecule has 0 saturated carbocycles. The second-order valence-electron chi connectivity index (χ2n) is 4.54. The van der Waals surface area contributed by atoms with Crippen molar-refractivity contribution in [1.82, 2.24) is 14.3 Å². The first-order chi connectivity index (χ1) is 8.01. The van der Waals surface area contributed by atoms with Gasteiger partial charge in [0, 0.05) is 19.1 Å². The number of nitrogens with two attached hydrogens (primary N) is 1. The Morgan fingerprint density at radius 1 is 1.65 bits per heavy atom. The van der Waals surface area contributed by atoms with E-state index in [9.17, 15) is 8.42 Å². The third kappa shape index (κ3) is 2.51. The van der Waals surface area contributed by atoms with Crippen LogP contribution in [0.15, 0.2) is 17.6 Å². The van der Waals surface area contributed by atoms with Gasteiger partial charge >= 0.3 is 0 Å². The van der Waals surface area contributed by atoms with Crippen molar-refractivity contribution in [1.29, 1.82) is 0 Å². The van der Waals surface area contributed by atoms with Crippen molar-refractivity contribution < 1.29 is 8.42 Å². The molecule has 0 aliphatic carbocycles. The van der Waals surface area contributed by atoms with Crippen LogP contribution in [-0.2, 0) is 10.0 Å². The lowest BCUT2D eigenvalue weighted by Gasteiger charge is -2.33. The Bertz CT molecular complexity index is 455. The summed E-state index contributed by atoms with van der Waals surface area (Å²) >= 11 is 0. The normalized spacial score (nSPS) is 24.7. The average molecular weight is 258 g/mol. The molecule has 2 rings (SSSR count). The lowest BCUT2D eigenvalue weighted by atomic mass is 9.93. The van der Waals surface area contributed by atoms with E-state index in [1.54, 1.807) is 0 Å². The van der Waals surface area contributed by atoms with Gasteiger partial charge in [0.05, 0.1) is 12.5 Å². The van der Waals surface area contributed by atoms with Crippen LogP contribution in [0.3, 0.4) is 0 Å². The van der Waals surface area contributed by atoms with E-state index in [4.69, 9.17) is 5.73 Å². The number of hydrogen-bond acceptors (Lipinski definition) is 4. The molecule has 17 heavy (non-hydrogen) atoms. The number of H-pyrrole nitrogens is 1. The molecule has 3 N–H and O–H groups in total. The molecule has 1 aliphatic heterocycles. The van der Waals surface area contributed by atoms with Crippen molar-refractivity contribution in [3.63, 3.8) is 0 Å². The van der Waals surface area contributed by atoms with Crippen LogP contribution in [0.5, 0.6) is 0 Å². The Hall–Kier alpha value is -0.920. The van der Waals surface area contributed by atoms with Gasteiger partial charge in [-0.2, -0.15) is 4.31 Å². The van der Waals surface area contributed by atoms with Gasteiger partial charge in [0.25, 0.3) is 10.0 Å². The van der Waals surface area contributed by atoms with Crippen LogP contribution in [0.2, 0.25) is 0 Å². The second kappa shape index (κ2) is 4.75. The van der Waals surface area contributed by atoms with Crippen molar-refractivity contribution in [3.8, 4) is 0 Å². The van der Waals surface area contributed by atoms with E-state index in [2.05, 4.69) is 9.97 Å². The van der Waals surface area contributed by atoms with E-state index >= 15 is 0 Å². The smallest absolute Gasteiger partial charge is 0.260 e. The third-order valence-corrected chi connectivity index (χ3v) is 5.05. The number of rotatable bonds is 3. The van der Waals surface area contributed by atoms with E-state index in [1.165, 1.54) is 16.8 Å². The Morgan fingerprint density at radius 3 is 3.00 bits per heavy atom. The molecule has 1 aliphatic rings. The highest BCUT2D eigenvalue weighted by molar-refractivity contribution is 7.89. The topological polar surface area (TPSA) is 92.1 Å². The molecule has 0 radical (unpaired) electrons. The number of nitrogens with zero attached hydrogens (tertiary/aromatic N) is 2. The minimum atomic E-state index is -3.43. The second-order valence-corrected chi connectivity index (χ2v) is 6.45. The van der Waals surface area contributed by atoms with Crippen molar-refractivity contribution >= 4 is 10.0 Å². The van der Waals surface area contributed by atoms with Crippen molar-refractivity contribution in [3.05, 3.63) is 12.5 Å². The minimum Gasteiger partial charge on any atom is -0.335 e. The highest BCUT2D eigenvalue weighted by Crippen LogP contribution is 2.23. The van der Waals surface area contributed by atoms with Crippen LogP contribution in [-0.4, -0.2) is 41.8 Å². The zero-order valence-electron chi connectivity index (χ0n) is 9.83.